The molecule has 0 rings (SSSR count). The van der Waals surface area contributed by atoms with E-state index in [9.17, 15) is 0 Å². The van der Waals surface area contributed by atoms with Gasteiger partial charge in [-0.1, -0.05) is 51.5 Å². The molecule has 0 aromatic rings. The molecule has 144 valence electrons. The number of unbranched alkanes of at least 4 members (excludes halogenated alkanes) is 8. The van der Waals surface area contributed by atoms with Gasteiger partial charge in [-0.05, 0) is 33.6 Å². The quantitative estimate of drug-likeness (QED) is 0.168. The zero-order valence-corrected chi connectivity index (χ0v) is 17.3. The van der Waals surface area contributed by atoms with E-state index in [1.54, 1.807) is 0 Å². The molecule has 0 aliphatic heterocycles. The summed E-state index contributed by atoms with van der Waals surface area (Å²) in [5, 5.41) is 0. The van der Waals surface area contributed by atoms with Gasteiger partial charge in [-0.2, -0.15) is 0 Å². The normalized spacial score (nSPS) is 11.6. The van der Waals surface area contributed by atoms with E-state index in [0.717, 1.165) is 25.5 Å². The first-order valence-electron chi connectivity index (χ1n) is 9.89. The molecule has 0 heterocycles. The van der Waals surface area contributed by atoms with Crippen LogP contribution in [0.1, 0.15) is 78.6 Å². The minimum Gasteiger partial charge on any atom is -0.502 e. The third kappa shape index (κ3) is 13.0. The molecule has 4 nitrogen and oxygen atoms in total. The second kappa shape index (κ2) is 17.5. The fourth-order valence-electron chi connectivity index (χ4n) is 2.85. The fourth-order valence-corrected chi connectivity index (χ4v) is 5.53. The van der Waals surface area contributed by atoms with Crippen molar-refractivity contribution in [1.29, 1.82) is 0 Å². The maximum atomic E-state index is 5.89. The molecule has 0 bridgehead atoms. The molecule has 24 heavy (non-hydrogen) atoms. The van der Waals surface area contributed by atoms with Crippen molar-refractivity contribution in [3.05, 3.63) is 12.8 Å². The first-order chi connectivity index (χ1) is 11.7. The van der Waals surface area contributed by atoms with Crippen LogP contribution >= 0.6 is 0 Å². The van der Waals surface area contributed by atoms with E-state index in [-0.39, 0.29) is 0 Å². The lowest BCUT2D eigenvalue weighted by atomic mass is 10.1. The lowest BCUT2D eigenvalue weighted by Gasteiger charge is -2.28. The van der Waals surface area contributed by atoms with Gasteiger partial charge < -0.3 is 18.0 Å². The second-order valence-corrected chi connectivity index (χ2v) is 8.68. The van der Waals surface area contributed by atoms with Gasteiger partial charge in [0.2, 0.25) is 0 Å². The van der Waals surface area contributed by atoms with Crippen LogP contribution in [0.2, 0.25) is 6.04 Å². The number of hydrogen-bond acceptors (Lipinski definition) is 4. The molecule has 0 aromatic heterocycles. The van der Waals surface area contributed by atoms with Crippen molar-refractivity contribution in [2.45, 2.75) is 84.6 Å². The maximum Gasteiger partial charge on any atom is 0.500 e. The highest BCUT2D eigenvalue weighted by Crippen LogP contribution is 2.20. The molecule has 0 aromatic carbocycles. The molecule has 0 N–H and O–H groups in total. The highest BCUT2D eigenvalue weighted by Gasteiger charge is 2.39. The van der Waals surface area contributed by atoms with E-state index in [2.05, 4.69) is 6.58 Å². The van der Waals surface area contributed by atoms with Crippen LogP contribution in [0.25, 0.3) is 0 Å². The summed E-state index contributed by atoms with van der Waals surface area (Å²) in [7, 11) is -2.41. The van der Waals surface area contributed by atoms with Crippen LogP contribution in [0.4, 0.5) is 0 Å². The van der Waals surface area contributed by atoms with Crippen LogP contribution in [0, 0.1) is 0 Å². The molecule has 0 unspecified atom stereocenters. The minimum absolute atomic E-state index is 0.671. The number of ether oxygens (including phenoxy) is 1. The van der Waals surface area contributed by atoms with Crippen molar-refractivity contribution in [3.8, 4) is 0 Å². The van der Waals surface area contributed by atoms with Gasteiger partial charge in [0.05, 0.1) is 12.9 Å². The maximum absolute atomic E-state index is 5.89. The largest absolute Gasteiger partial charge is 0.502 e. The van der Waals surface area contributed by atoms with Crippen molar-refractivity contribution in [1.82, 2.24) is 0 Å². The average Bonchev–Trinajstić information content (AvgIpc) is 2.56. The predicted octanol–water partition coefficient (Wildman–Crippen LogP) is 5.71. The topological polar surface area (TPSA) is 36.9 Å². The summed E-state index contributed by atoms with van der Waals surface area (Å²) in [6, 6.07) is 0.950. The van der Waals surface area contributed by atoms with Crippen LogP contribution in [0.3, 0.4) is 0 Å². The third-order valence-corrected chi connectivity index (χ3v) is 7.11. The van der Waals surface area contributed by atoms with Gasteiger partial charge in [0, 0.05) is 25.9 Å². The molecule has 0 radical (unpaired) electrons. The molecular formula is C19H40O4Si. The smallest absolute Gasteiger partial charge is 0.500 e. The monoisotopic (exact) mass is 360 g/mol. The third-order valence-electron chi connectivity index (χ3n) is 3.96. The predicted molar refractivity (Wildman–Crippen MR) is 103 cm³/mol. The van der Waals surface area contributed by atoms with Crippen LogP contribution in [-0.2, 0) is 18.0 Å². The van der Waals surface area contributed by atoms with Crippen LogP contribution in [0.15, 0.2) is 12.8 Å². The Kier molecular flexibility index (Phi) is 17.2. The van der Waals surface area contributed by atoms with Crippen molar-refractivity contribution < 1.29 is 18.0 Å². The van der Waals surface area contributed by atoms with E-state index in [0.29, 0.717) is 19.8 Å². The van der Waals surface area contributed by atoms with Gasteiger partial charge in [0.1, 0.15) is 0 Å². The summed E-state index contributed by atoms with van der Waals surface area (Å²) in [5.41, 5.74) is 0. The van der Waals surface area contributed by atoms with Crippen molar-refractivity contribution in [2.24, 2.45) is 0 Å². The summed E-state index contributed by atoms with van der Waals surface area (Å²) in [6.07, 6.45) is 12.9. The summed E-state index contributed by atoms with van der Waals surface area (Å²) >= 11 is 0. The molecule has 0 atom stereocenters. The van der Waals surface area contributed by atoms with Gasteiger partial charge in [0.25, 0.3) is 0 Å². The zero-order valence-electron chi connectivity index (χ0n) is 16.3. The number of rotatable bonds is 19. The lowest BCUT2D eigenvalue weighted by molar-refractivity contribution is 0.0706. The van der Waals surface area contributed by atoms with Crippen LogP contribution in [0.5, 0.6) is 0 Å². The summed E-state index contributed by atoms with van der Waals surface area (Å²) in [5.74, 6) is 0. The van der Waals surface area contributed by atoms with E-state index in [1.165, 1.54) is 51.2 Å². The molecular weight excluding hydrogens is 320 g/mol. The Bertz CT molecular complexity index is 257. The molecule has 0 fully saturated rings. The molecule has 0 spiro atoms. The van der Waals surface area contributed by atoms with Crippen molar-refractivity contribution >= 4 is 8.80 Å². The van der Waals surface area contributed by atoms with E-state index < -0.39 is 8.80 Å². The van der Waals surface area contributed by atoms with E-state index >= 15 is 0 Å². The van der Waals surface area contributed by atoms with Crippen molar-refractivity contribution in [2.75, 3.05) is 26.4 Å². The molecule has 0 amide bonds. The summed E-state index contributed by atoms with van der Waals surface area (Å²) < 4.78 is 22.8. The van der Waals surface area contributed by atoms with Crippen LogP contribution < -0.4 is 0 Å². The Labute approximate surface area is 151 Å². The Morgan fingerprint density at radius 2 is 1.08 bits per heavy atom. The highest BCUT2D eigenvalue weighted by atomic mass is 28.4. The standard InChI is InChI=1S/C19H40O4Si/c1-5-20-18-16-14-12-10-9-11-13-15-17-19-24(21-6-2,22-7-3)23-8-4/h5H,1,6-19H2,2-4H3. The minimum atomic E-state index is -2.41. The average molecular weight is 361 g/mol. The lowest BCUT2D eigenvalue weighted by Crippen LogP contribution is -2.45. The molecule has 0 saturated heterocycles. The highest BCUT2D eigenvalue weighted by molar-refractivity contribution is 6.60. The Morgan fingerprint density at radius 1 is 0.667 bits per heavy atom. The second-order valence-electron chi connectivity index (χ2n) is 5.95. The Hall–Kier alpha value is -0.363. The molecule has 0 aliphatic carbocycles. The van der Waals surface area contributed by atoms with E-state index in [1.807, 2.05) is 20.8 Å². The fraction of sp³-hybridized carbons (Fsp3) is 0.895. The van der Waals surface area contributed by atoms with Gasteiger partial charge in [-0.3, -0.25) is 0 Å². The van der Waals surface area contributed by atoms with Crippen molar-refractivity contribution in [3.63, 3.8) is 0 Å². The Balaban J connectivity index is 3.62. The van der Waals surface area contributed by atoms with Gasteiger partial charge >= 0.3 is 8.80 Å². The molecule has 5 heteroatoms. The molecule has 0 aliphatic rings. The van der Waals surface area contributed by atoms with E-state index in [4.69, 9.17) is 18.0 Å². The van der Waals surface area contributed by atoms with Gasteiger partial charge in [-0.15, -0.1) is 0 Å². The SMILES string of the molecule is C=COCCCCCCCCCCC[Si](OCC)(OCC)OCC. The summed E-state index contributed by atoms with van der Waals surface area (Å²) in [6.45, 7) is 12.4. The number of hydrogen-bond donors (Lipinski definition) is 0. The Morgan fingerprint density at radius 3 is 1.50 bits per heavy atom. The summed E-state index contributed by atoms with van der Waals surface area (Å²) in [4.78, 5) is 0. The van der Waals surface area contributed by atoms with Crippen LogP contribution in [-0.4, -0.2) is 35.2 Å². The molecule has 0 saturated carbocycles. The van der Waals surface area contributed by atoms with Gasteiger partial charge in [0.15, 0.2) is 0 Å². The first-order valence-corrected chi connectivity index (χ1v) is 11.8. The van der Waals surface area contributed by atoms with Gasteiger partial charge in [-0.25, -0.2) is 0 Å². The first kappa shape index (κ1) is 23.6. The zero-order chi connectivity index (χ0) is 17.9.